The zero-order chi connectivity index (χ0) is 20.1. The molecular weight excluding hydrogens is 382 g/mol. The van der Waals surface area contributed by atoms with Crippen LogP contribution in [0.3, 0.4) is 0 Å². The van der Waals surface area contributed by atoms with Gasteiger partial charge >= 0.3 is 0 Å². The predicted molar refractivity (Wildman–Crippen MR) is 108 cm³/mol. The van der Waals surface area contributed by atoms with Crippen LogP contribution in [0.25, 0.3) is 11.3 Å². The molecule has 146 valence electrons. The molecule has 0 unspecified atom stereocenters. The number of hydrogen-bond donors (Lipinski definition) is 2. The normalized spacial score (nSPS) is 10.4. The zero-order valence-corrected chi connectivity index (χ0v) is 16.5. The lowest BCUT2D eigenvalue weighted by molar-refractivity contribution is 0.102. The molecule has 0 spiro atoms. The highest BCUT2D eigenvalue weighted by Crippen LogP contribution is 2.33. The highest BCUT2D eigenvalue weighted by atomic mass is 35.5. The van der Waals surface area contributed by atoms with E-state index in [4.69, 9.17) is 25.8 Å². The van der Waals surface area contributed by atoms with Gasteiger partial charge in [-0.2, -0.15) is 5.10 Å². The summed E-state index contributed by atoms with van der Waals surface area (Å²) in [7, 11) is 3.08. The molecule has 0 aliphatic rings. The van der Waals surface area contributed by atoms with E-state index in [1.54, 1.807) is 49.6 Å². The third kappa shape index (κ3) is 4.20. The summed E-state index contributed by atoms with van der Waals surface area (Å²) in [4.78, 5) is 12.7. The zero-order valence-electron chi connectivity index (χ0n) is 15.7. The van der Waals surface area contributed by atoms with Gasteiger partial charge in [0.05, 0.1) is 32.2 Å². The molecule has 0 fully saturated rings. The number of rotatable bonds is 7. The third-order valence-electron chi connectivity index (χ3n) is 3.99. The van der Waals surface area contributed by atoms with Crippen LogP contribution in [0.2, 0.25) is 5.02 Å². The minimum atomic E-state index is -0.370. The number of hydrogen-bond acceptors (Lipinski definition) is 5. The van der Waals surface area contributed by atoms with Crippen LogP contribution in [0.4, 0.5) is 5.69 Å². The van der Waals surface area contributed by atoms with Crippen molar-refractivity contribution in [3.05, 3.63) is 53.2 Å². The summed E-state index contributed by atoms with van der Waals surface area (Å²) < 4.78 is 16.1. The number of carbonyl (C=O) groups is 1. The first-order valence-electron chi connectivity index (χ1n) is 8.57. The molecule has 0 radical (unpaired) electrons. The monoisotopic (exact) mass is 401 g/mol. The van der Waals surface area contributed by atoms with Crippen molar-refractivity contribution < 1.29 is 19.0 Å². The van der Waals surface area contributed by atoms with Crippen LogP contribution in [-0.4, -0.2) is 36.9 Å². The number of amides is 1. The molecule has 0 aliphatic carbocycles. The standard InChI is InChI=1S/C20H20ClN3O4/c1-4-28-18-7-5-12(21)9-14(18)15-11-17(24-23-15)20(25)22-16-10-13(26-2)6-8-19(16)27-3/h5-11H,4H2,1-3H3,(H,22,25)(H,23,24). The largest absolute Gasteiger partial charge is 0.497 e. The molecular formula is C20H20ClN3O4. The second-order valence-electron chi connectivity index (χ2n) is 5.76. The minimum absolute atomic E-state index is 0.280. The van der Waals surface area contributed by atoms with Crippen LogP contribution in [0, 0.1) is 0 Å². The van der Waals surface area contributed by atoms with Gasteiger partial charge in [0.1, 0.15) is 22.9 Å². The lowest BCUT2D eigenvalue weighted by atomic mass is 10.1. The first-order valence-corrected chi connectivity index (χ1v) is 8.95. The van der Waals surface area contributed by atoms with Crippen LogP contribution in [-0.2, 0) is 0 Å². The number of benzene rings is 2. The van der Waals surface area contributed by atoms with Gasteiger partial charge in [-0.3, -0.25) is 9.89 Å². The van der Waals surface area contributed by atoms with E-state index >= 15 is 0 Å². The smallest absolute Gasteiger partial charge is 0.273 e. The highest BCUT2D eigenvalue weighted by Gasteiger charge is 2.16. The number of halogens is 1. The van der Waals surface area contributed by atoms with E-state index in [-0.39, 0.29) is 11.6 Å². The van der Waals surface area contributed by atoms with Gasteiger partial charge in [0.15, 0.2) is 0 Å². The maximum atomic E-state index is 12.7. The van der Waals surface area contributed by atoms with E-state index in [1.165, 1.54) is 7.11 Å². The van der Waals surface area contributed by atoms with Gasteiger partial charge in [-0.15, -0.1) is 0 Å². The van der Waals surface area contributed by atoms with Crippen molar-refractivity contribution in [2.24, 2.45) is 0 Å². The Kier molecular flexibility index (Phi) is 6.06. The van der Waals surface area contributed by atoms with E-state index in [0.717, 1.165) is 0 Å². The Morgan fingerprint density at radius 3 is 2.61 bits per heavy atom. The van der Waals surface area contributed by atoms with E-state index in [0.29, 0.717) is 45.8 Å². The topological polar surface area (TPSA) is 85.5 Å². The van der Waals surface area contributed by atoms with Gasteiger partial charge in [0, 0.05) is 16.7 Å². The van der Waals surface area contributed by atoms with Crippen LogP contribution in [0.5, 0.6) is 17.2 Å². The minimum Gasteiger partial charge on any atom is -0.497 e. The fraction of sp³-hybridized carbons (Fsp3) is 0.200. The van der Waals surface area contributed by atoms with Gasteiger partial charge in [-0.25, -0.2) is 0 Å². The van der Waals surface area contributed by atoms with Crippen molar-refractivity contribution >= 4 is 23.2 Å². The maximum Gasteiger partial charge on any atom is 0.273 e. The first-order chi connectivity index (χ1) is 13.5. The number of H-pyrrole nitrogens is 1. The average Bonchev–Trinajstić information content (AvgIpc) is 3.19. The highest BCUT2D eigenvalue weighted by molar-refractivity contribution is 6.31. The predicted octanol–water partition coefficient (Wildman–Crippen LogP) is 4.40. The summed E-state index contributed by atoms with van der Waals surface area (Å²) in [6.45, 7) is 2.39. The van der Waals surface area contributed by atoms with Gasteiger partial charge in [0.25, 0.3) is 5.91 Å². The average molecular weight is 402 g/mol. The SMILES string of the molecule is CCOc1ccc(Cl)cc1-c1cc(C(=O)Nc2cc(OC)ccc2OC)[nH]n1. The fourth-order valence-electron chi connectivity index (χ4n) is 2.66. The van der Waals surface area contributed by atoms with Crippen molar-refractivity contribution in [1.82, 2.24) is 10.2 Å². The molecule has 2 aromatic carbocycles. The Labute approximate surface area is 167 Å². The number of nitrogens with one attached hydrogen (secondary N) is 2. The first kappa shape index (κ1) is 19.6. The molecule has 1 heterocycles. The number of aromatic amines is 1. The Balaban J connectivity index is 1.87. The molecule has 2 N–H and O–H groups in total. The molecule has 3 aromatic rings. The molecule has 0 aliphatic heterocycles. The van der Waals surface area contributed by atoms with E-state index in [1.807, 2.05) is 6.92 Å². The molecule has 3 rings (SSSR count). The van der Waals surface area contributed by atoms with Crippen LogP contribution in [0.15, 0.2) is 42.5 Å². The fourth-order valence-corrected chi connectivity index (χ4v) is 2.83. The van der Waals surface area contributed by atoms with E-state index in [9.17, 15) is 4.79 Å². The van der Waals surface area contributed by atoms with Crippen LogP contribution >= 0.6 is 11.6 Å². The van der Waals surface area contributed by atoms with Crippen molar-refractivity contribution in [2.45, 2.75) is 6.92 Å². The summed E-state index contributed by atoms with van der Waals surface area (Å²) in [5.74, 6) is 1.38. The van der Waals surface area contributed by atoms with Crippen LogP contribution in [0.1, 0.15) is 17.4 Å². The quantitative estimate of drug-likeness (QED) is 0.613. The van der Waals surface area contributed by atoms with Crippen molar-refractivity contribution in [1.29, 1.82) is 0 Å². The molecule has 8 heteroatoms. The summed E-state index contributed by atoms with van der Waals surface area (Å²) in [5, 5.41) is 10.3. The Hall–Kier alpha value is -3.19. The molecule has 7 nitrogen and oxygen atoms in total. The summed E-state index contributed by atoms with van der Waals surface area (Å²) >= 11 is 6.11. The summed E-state index contributed by atoms with van der Waals surface area (Å²) in [6, 6.07) is 12.0. The number of ether oxygens (including phenoxy) is 3. The third-order valence-corrected chi connectivity index (χ3v) is 4.23. The molecule has 1 amide bonds. The Morgan fingerprint density at radius 2 is 1.89 bits per heavy atom. The number of aromatic nitrogens is 2. The molecule has 0 atom stereocenters. The van der Waals surface area contributed by atoms with Gasteiger partial charge in [0.2, 0.25) is 0 Å². The van der Waals surface area contributed by atoms with Gasteiger partial charge in [-0.1, -0.05) is 11.6 Å². The van der Waals surface area contributed by atoms with E-state index < -0.39 is 0 Å². The molecule has 0 saturated heterocycles. The molecule has 0 saturated carbocycles. The number of carbonyl (C=O) groups excluding carboxylic acids is 1. The molecule has 28 heavy (non-hydrogen) atoms. The van der Waals surface area contributed by atoms with Gasteiger partial charge < -0.3 is 19.5 Å². The second kappa shape index (κ2) is 8.67. The van der Waals surface area contributed by atoms with Gasteiger partial charge in [-0.05, 0) is 43.3 Å². The Morgan fingerprint density at radius 1 is 1.11 bits per heavy atom. The van der Waals surface area contributed by atoms with Crippen LogP contribution < -0.4 is 19.5 Å². The molecule has 1 aromatic heterocycles. The number of methoxy groups -OCH3 is 2. The lowest BCUT2D eigenvalue weighted by Crippen LogP contribution is -2.13. The summed E-state index contributed by atoms with van der Waals surface area (Å²) in [6.07, 6.45) is 0. The summed E-state index contributed by atoms with van der Waals surface area (Å²) in [5.41, 5.74) is 2.01. The Bertz CT molecular complexity index is 987. The molecule has 0 bridgehead atoms. The number of nitrogens with zero attached hydrogens (tertiary/aromatic N) is 1. The lowest BCUT2D eigenvalue weighted by Gasteiger charge is -2.11. The van der Waals surface area contributed by atoms with Crippen molar-refractivity contribution in [3.63, 3.8) is 0 Å². The maximum absolute atomic E-state index is 12.7. The van der Waals surface area contributed by atoms with E-state index in [2.05, 4.69) is 15.5 Å². The number of anilines is 1. The van der Waals surface area contributed by atoms with Crippen molar-refractivity contribution in [3.8, 4) is 28.5 Å². The second-order valence-corrected chi connectivity index (χ2v) is 6.20. The van der Waals surface area contributed by atoms with Crippen molar-refractivity contribution in [2.75, 3.05) is 26.1 Å².